The van der Waals surface area contributed by atoms with Crippen LogP contribution in [0.25, 0.3) is 0 Å². The molecular formula is C24H32BrNO3S. The largest absolute Gasteiger partial charge is 0.495 e. The smallest absolute Gasteiger partial charge is 0.264 e. The molecule has 4 nitrogen and oxygen atoms in total. The van der Waals surface area contributed by atoms with Gasteiger partial charge in [0.1, 0.15) is 5.75 Å². The van der Waals surface area contributed by atoms with Crippen molar-refractivity contribution in [2.24, 2.45) is 0 Å². The van der Waals surface area contributed by atoms with Crippen LogP contribution in [0, 0.1) is 0 Å². The fraction of sp³-hybridized carbons (Fsp3) is 0.500. The lowest BCUT2D eigenvalue weighted by Gasteiger charge is -2.28. The molecule has 0 saturated heterocycles. The quantitative estimate of drug-likeness (QED) is 0.456. The van der Waals surface area contributed by atoms with Crippen LogP contribution < -0.4 is 9.04 Å². The number of methoxy groups -OCH3 is 1. The Morgan fingerprint density at radius 2 is 1.53 bits per heavy atom. The van der Waals surface area contributed by atoms with Gasteiger partial charge in [-0.15, -0.1) is 0 Å². The van der Waals surface area contributed by atoms with E-state index in [2.05, 4.69) is 69.6 Å². The molecule has 1 aliphatic heterocycles. The lowest BCUT2D eigenvalue weighted by atomic mass is 9.89. The first-order valence-electron chi connectivity index (χ1n) is 10.6. The zero-order valence-electron chi connectivity index (χ0n) is 18.9. The molecule has 1 aliphatic rings. The van der Waals surface area contributed by atoms with Crippen molar-refractivity contribution in [1.29, 1.82) is 0 Å². The normalized spacial score (nSPS) is 14.2. The van der Waals surface area contributed by atoms with E-state index < -0.39 is 10.0 Å². The van der Waals surface area contributed by atoms with Gasteiger partial charge < -0.3 is 4.74 Å². The van der Waals surface area contributed by atoms with E-state index >= 15 is 0 Å². The molecule has 2 aromatic rings. The summed E-state index contributed by atoms with van der Waals surface area (Å²) in [4.78, 5) is 0.472. The molecule has 0 atom stereocenters. The third-order valence-corrected chi connectivity index (χ3v) is 8.54. The number of halogens is 1. The Morgan fingerprint density at radius 3 is 2.00 bits per heavy atom. The van der Waals surface area contributed by atoms with Crippen molar-refractivity contribution < 1.29 is 13.2 Å². The maximum atomic E-state index is 14.1. The molecule has 0 aliphatic carbocycles. The average molecular weight is 494 g/mol. The molecule has 3 rings (SSSR count). The zero-order valence-corrected chi connectivity index (χ0v) is 21.3. The fourth-order valence-corrected chi connectivity index (χ4v) is 7.15. The van der Waals surface area contributed by atoms with Gasteiger partial charge in [0.2, 0.25) is 0 Å². The van der Waals surface area contributed by atoms with Crippen molar-refractivity contribution in [1.82, 2.24) is 0 Å². The number of rotatable bonds is 6. The molecule has 0 fully saturated rings. The summed E-state index contributed by atoms with van der Waals surface area (Å²) in [5, 5.41) is 0. The fourth-order valence-electron chi connectivity index (χ4n) is 4.09. The monoisotopic (exact) mass is 493 g/mol. The van der Waals surface area contributed by atoms with Gasteiger partial charge in [0.25, 0.3) is 10.0 Å². The van der Waals surface area contributed by atoms with Gasteiger partial charge in [-0.2, -0.15) is 0 Å². The Balaban J connectivity index is 2.29. The maximum absolute atomic E-state index is 14.1. The van der Waals surface area contributed by atoms with Gasteiger partial charge in [-0.3, -0.25) is 4.31 Å². The van der Waals surface area contributed by atoms with Crippen molar-refractivity contribution in [3.8, 4) is 5.75 Å². The van der Waals surface area contributed by atoms with Crippen LogP contribution in [-0.2, 0) is 16.4 Å². The summed E-state index contributed by atoms with van der Waals surface area (Å²) in [5.41, 5.74) is 4.70. The number of benzene rings is 2. The van der Waals surface area contributed by atoms with Gasteiger partial charge >= 0.3 is 0 Å². The SMILES string of the molecule is COc1ccc2c(c1Br)N(S(=O)(=O)c1c(C(C)C)cc(C(C)C)cc1C(C)C)CC2. The van der Waals surface area contributed by atoms with Crippen LogP contribution in [0.2, 0.25) is 0 Å². The highest BCUT2D eigenvalue weighted by atomic mass is 79.9. The van der Waals surface area contributed by atoms with E-state index in [0.717, 1.165) is 16.7 Å². The number of ether oxygens (including phenoxy) is 1. The van der Waals surface area contributed by atoms with Gasteiger partial charge in [0.05, 0.1) is 22.2 Å². The highest BCUT2D eigenvalue weighted by molar-refractivity contribution is 9.10. The predicted octanol–water partition coefficient (Wildman–Crippen LogP) is 6.58. The first-order chi connectivity index (χ1) is 14.0. The van der Waals surface area contributed by atoms with Crippen molar-refractivity contribution in [3.63, 3.8) is 0 Å². The summed E-state index contributed by atoms with van der Waals surface area (Å²) in [5.74, 6) is 1.17. The van der Waals surface area contributed by atoms with Gasteiger partial charge in [0.15, 0.2) is 0 Å². The number of nitrogens with zero attached hydrogens (tertiary/aromatic N) is 1. The number of fused-ring (bicyclic) bond motifs is 1. The molecule has 164 valence electrons. The van der Waals surface area contributed by atoms with Crippen LogP contribution in [-0.4, -0.2) is 22.1 Å². The highest BCUT2D eigenvalue weighted by Gasteiger charge is 2.37. The lowest BCUT2D eigenvalue weighted by molar-refractivity contribution is 0.412. The van der Waals surface area contributed by atoms with Crippen LogP contribution in [0.3, 0.4) is 0 Å². The first-order valence-corrected chi connectivity index (χ1v) is 12.8. The molecule has 0 saturated carbocycles. The van der Waals surface area contributed by atoms with Crippen LogP contribution in [0.15, 0.2) is 33.6 Å². The Bertz CT molecular complexity index is 1030. The first kappa shape index (κ1) is 23.1. The molecule has 6 heteroatoms. The molecule has 0 bridgehead atoms. The van der Waals surface area contributed by atoms with Gasteiger partial charge in [-0.05, 0) is 68.4 Å². The molecule has 2 aromatic carbocycles. The Labute approximate surface area is 189 Å². The molecule has 0 spiro atoms. The van der Waals surface area contributed by atoms with Gasteiger partial charge in [-0.25, -0.2) is 8.42 Å². The summed E-state index contributed by atoms with van der Waals surface area (Å²) in [6.07, 6.45) is 0.690. The van der Waals surface area contributed by atoms with E-state index in [-0.39, 0.29) is 11.8 Å². The summed E-state index contributed by atoms with van der Waals surface area (Å²) < 4.78 is 36.0. The zero-order chi connectivity index (χ0) is 22.4. The van der Waals surface area contributed by atoms with E-state index in [4.69, 9.17) is 4.74 Å². The Hall–Kier alpha value is -1.53. The third-order valence-electron chi connectivity index (χ3n) is 5.85. The molecule has 0 amide bonds. The molecule has 0 unspecified atom stereocenters. The third kappa shape index (κ3) is 3.89. The summed E-state index contributed by atoms with van der Waals surface area (Å²) in [6, 6.07) is 8.02. The van der Waals surface area contributed by atoms with Crippen molar-refractivity contribution in [2.45, 2.75) is 70.6 Å². The molecular weight excluding hydrogens is 462 g/mol. The molecule has 30 heavy (non-hydrogen) atoms. The molecule has 1 heterocycles. The van der Waals surface area contributed by atoms with Crippen molar-refractivity contribution >= 4 is 31.6 Å². The van der Waals surface area contributed by atoms with Crippen LogP contribution >= 0.6 is 15.9 Å². The van der Waals surface area contributed by atoms with E-state index in [1.807, 2.05) is 12.1 Å². The highest BCUT2D eigenvalue weighted by Crippen LogP contribution is 2.45. The molecule has 0 aromatic heterocycles. The minimum Gasteiger partial charge on any atom is -0.495 e. The van der Waals surface area contributed by atoms with Crippen LogP contribution in [0.5, 0.6) is 5.75 Å². The predicted molar refractivity (Wildman–Crippen MR) is 128 cm³/mol. The second-order valence-corrected chi connectivity index (χ2v) is 11.5. The molecule has 0 radical (unpaired) electrons. The topological polar surface area (TPSA) is 46.6 Å². The molecule has 0 N–H and O–H groups in total. The van der Waals surface area contributed by atoms with E-state index in [1.54, 1.807) is 11.4 Å². The number of hydrogen-bond donors (Lipinski definition) is 0. The number of sulfonamides is 1. The number of hydrogen-bond acceptors (Lipinski definition) is 3. The average Bonchev–Trinajstić information content (AvgIpc) is 3.13. The Morgan fingerprint density at radius 1 is 0.967 bits per heavy atom. The van der Waals surface area contributed by atoms with E-state index in [0.29, 0.717) is 39.7 Å². The standard InChI is InChI=1S/C24H32BrNO3S/c1-14(2)18-12-19(15(3)4)24(20(13-18)16(5)6)30(27,28)26-11-10-17-8-9-21(29-7)22(25)23(17)26/h8-9,12-16H,10-11H2,1-7H3. The van der Waals surface area contributed by atoms with Crippen molar-refractivity contribution in [3.05, 3.63) is 51.0 Å². The minimum atomic E-state index is -3.75. The maximum Gasteiger partial charge on any atom is 0.264 e. The van der Waals surface area contributed by atoms with Gasteiger partial charge in [-0.1, -0.05) is 59.7 Å². The Kier molecular flexibility index (Phi) is 6.59. The lowest BCUT2D eigenvalue weighted by Crippen LogP contribution is -2.31. The summed E-state index contributed by atoms with van der Waals surface area (Å²) in [7, 11) is -2.15. The van der Waals surface area contributed by atoms with Gasteiger partial charge in [0, 0.05) is 6.54 Å². The van der Waals surface area contributed by atoms with E-state index in [9.17, 15) is 8.42 Å². The summed E-state index contributed by atoms with van der Waals surface area (Å²) in [6.45, 7) is 13.0. The van der Waals surface area contributed by atoms with Crippen LogP contribution in [0.4, 0.5) is 5.69 Å². The van der Waals surface area contributed by atoms with E-state index in [1.165, 1.54) is 5.56 Å². The second-order valence-electron chi connectivity index (χ2n) is 8.91. The summed E-state index contributed by atoms with van der Waals surface area (Å²) >= 11 is 3.59. The van der Waals surface area contributed by atoms with Crippen LogP contribution in [0.1, 0.15) is 81.5 Å². The minimum absolute atomic E-state index is 0.0989. The number of anilines is 1. The van der Waals surface area contributed by atoms with Crippen molar-refractivity contribution in [2.75, 3.05) is 18.0 Å². The second kappa shape index (κ2) is 8.54.